The molecule has 0 heterocycles. The molecule has 1 aliphatic rings. The average molecular weight is 304 g/mol. The molecule has 1 aliphatic carbocycles. The minimum Gasteiger partial charge on any atom is -0.314 e. The van der Waals surface area contributed by atoms with Gasteiger partial charge in [0.2, 0.25) is 0 Å². The van der Waals surface area contributed by atoms with Crippen LogP contribution in [0.25, 0.3) is 0 Å². The maximum absolute atomic E-state index is 11.8. The van der Waals surface area contributed by atoms with Gasteiger partial charge in [-0.2, -0.15) is 0 Å². The monoisotopic (exact) mass is 303 g/mol. The molecule has 1 rings (SSSR count). The van der Waals surface area contributed by atoms with E-state index < -0.39 is 9.84 Å². The van der Waals surface area contributed by atoms with Gasteiger partial charge in [-0.15, -0.1) is 0 Å². The van der Waals surface area contributed by atoms with Crippen molar-refractivity contribution in [3.8, 4) is 0 Å². The van der Waals surface area contributed by atoms with Gasteiger partial charge >= 0.3 is 0 Å². The Morgan fingerprint density at radius 3 is 2.40 bits per heavy atom. The summed E-state index contributed by atoms with van der Waals surface area (Å²) < 4.78 is 23.7. The third-order valence-corrected chi connectivity index (χ3v) is 5.97. The average Bonchev–Trinajstić information content (AvgIpc) is 2.32. The molecule has 0 aromatic heterocycles. The molecule has 0 saturated heterocycles. The fraction of sp³-hybridized carbons (Fsp3) is 1.00. The van der Waals surface area contributed by atoms with Crippen molar-refractivity contribution in [2.45, 2.75) is 77.5 Å². The first-order valence-electron chi connectivity index (χ1n) is 8.05. The maximum Gasteiger partial charge on any atom is 0.150 e. The summed E-state index contributed by atoms with van der Waals surface area (Å²) in [7, 11) is -2.88. The molecule has 1 N–H and O–H groups in total. The van der Waals surface area contributed by atoms with Crippen LogP contribution in [0.15, 0.2) is 0 Å². The second-order valence-electron chi connectivity index (χ2n) is 7.70. The first-order chi connectivity index (χ1) is 9.13. The van der Waals surface area contributed by atoms with Gasteiger partial charge in [0.05, 0.1) is 5.25 Å². The second kappa shape index (κ2) is 7.26. The predicted molar refractivity (Wildman–Crippen MR) is 86.7 cm³/mol. The van der Waals surface area contributed by atoms with E-state index in [1.54, 1.807) is 0 Å². The summed E-state index contributed by atoms with van der Waals surface area (Å²) >= 11 is 0. The SMILES string of the molecule is CCCNC(CC(C)(C)C)C1CCCC(S(C)(=O)=O)C1. The molecule has 20 heavy (non-hydrogen) atoms. The normalized spacial score (nSPS) is 26.4. The van der Waals surface area contributed by atoms with Gasteiger partial charge in [-0.1, -0.05) is 34.1 Å². The lowest BCUT2D eigenvalue weighted by molar-refractivity contribution is 0.207. The topological polar surface area (TPSA) is 46.2 Å². The fourth-order valence-corrected chi connectivity index (χ4v) is 4.52. The molecule has 3 unspecified atom stereocenters. The van der Waals surface area contributed by atoms with Crippen molar-refractivity contribution in [2.75, 3.05) is 12.8 Å². The minimum absolute atomic E-state index is 0.118. The summed E-state index contributed by atoms with van der Waals surface area (Å²) in [4.78, 5) is 0. The van der Waals surface area contributed by atoms with E-state index in [1.807, 2.05) is 0 Å². The zero-order chi connectivity index (χ0) is 15.4. The highest BCUT2D eigenvalue weighted by atomic mass is 32.2. The molecule has 1 saturated carbocycles. The third-order valence-electron chi connectivity index (χ3n) is 4.33. The van der Waals surface area contributed by atoms with Crippen molar-refractivity contribution in [1.29, 1.82) is 0 Å². The van der Waals surface area contributed by atoms with Crippen LogP contribution in [-0.2, 0) is 9.84 Å². The van der Waals surface area contributed by atoms with Crippen LogP contribution in [0.4, 0.5) is 0 Å². The predicted octanol–water partition coefficient (Wildman–Crippen LogP) is 3.39. The van der Waals surface area contributed by atoms with Crippen molar-refractivity contribution >= 4 is 9.84 Å². The van der Waals surface area contributed by atoms with Crippen LogP contribution in [0.5, 0.6) is 0 Å². The van der Waals surface area contributed by atoms with E-state index >= 15 is 0 Å². The quantitative estimate of drug-likeness (QED) is 0.818. The highest BCUT2D eigenvalue weighted by molar-refractivity contribution is 7.91. The van der Waals surface area contributed by atoms with E-state index in [1.165, 1.54) is 12.7 Å². The number of nitrogens with one attached hydrogen (secondary N) is 1. The summed E-state index contributed by atoms with van der Waals surface area (Å²) in [5.41, 5.74) is 0.281. The molecule has 0 amide bonds. The first kappa shape index (κ1) is 18.0. The lowest BCUT2D eigenvalue weighted by Gasteiger charge is -2.37. The number of sulfone groups is 1. The molecule has 0 aliphatic heterocycles. The summed E-state index contributed by atoms with van der Waals surface area (Å²) in [5.74, 6) is 0.509. The fourth-order valence-electron chi connectivity index (χ4n) is 3.33. The van der Waals surface area contributed by atoms with E-state index in [2.05, 4.69) is 33.0 Å². The zero-order valence-corrected chi connectivity index (χ0v) is 14.7. The van der Waals surface area contributed by atoms with Crippen molar-refractivity contribution in [2.24, 2.45) is 11.3 Å². The highest BCUT2D eigenvalue weighted by Crippen LogP contribution is 2.34. The maximum atomic E-state index is 11.8. The van der Waals surface area contributed by atoms with Crippen LogP contribution in [0.2, 0.25) is 0 Å². The van der Waals surface area contributed by atoms with Crippen molar-refractivity contribution < 1.29 is 8.42 Å². The zero-order valence-electron chi connectivity index (χ0n) is 13.9. The van der Waals surface area contributed by atoms with E-state index in [0.717, 1.165) is 38.6 Å². The Hall–Kier alpha value is -0.0900. The Bertz CT molecular complexity index is 384. The van der Waals surface area contributed by atoms with Crippen molar-refractivity contribution in [3.05, 3.63) is 0 Å². The Kier molecular flexibility index (Phi) is 6.52. The van der Waals surface area contributed by atoms with Crippen LogP contribution >= 0.6 is 0 Å². The Morgan fingerprint density at radius 2 is 1.90 bits per heavy atom. The summed E-state index contributed by atoms with van der Waals surface area (Å²) in [5, 5.41) is 3.55. The molecular weight excluding hydrogens is 270 g/mol. The Balaban J connectivity index is 2.74. The molecule has 4 heteroatoms. The van der Waals surface area contributed by atoms with Gasteiger partial charge in [0.15, 0.2) is 0 Å². The molecule has 1 fully saturated rings. The van der Waals surface area contributed by atoms with Gasteiger partial charge in [-0.25, -0.2) is 8.42 Å². The largest absolute Gasteiger partial charge is 0.314 e. The van der Waals surface area contributed by atoms with E-state index in [4.69, 9.17) is 0 Å². The van der Waals surface area contributed by atoms with Crippen molar-refractivity contribution in [3.63, 3.8) is 0 Å². The van der Waals surface area contributed by atoms with Crippen LogP contribution in [0.3, 0.4) is 0 Å². The molecule has 3 atom stereocenters. The molecule has 3 nitrogen and oxygen atoms in total. The van der Waals surface area contributed by atoms with Crippen LogP contribution in [0, 0.1) is 11.3 Å². The molecule has 0 spiro atoms. The summed E-state index contributed by atoms with van der Waals surface area (Å²) in [6.07, 6.45) is 7.57. The number of hydrogen-bond acceptors (Lipinski definition) is 3. The van der Waals surface area contributed by atoms with Crippen LogP contribution in [-0.4, -0.2) is 32.5 Å². The van der Waals surface area contributed by atoms with Gasteiger partial charge in [0, 0.05) is 12.3 Å². The number of hydrogen-bond donors (Lipinski definition) is 1. The van der Waals surface area contributed by atoms with Crippen LogP contribution in [0.1, 0.15) is 66.2 Å². The smallest absolute Gasteiger partial charge is 0.150 e. The first-order valence-corrected chi connectivity index (χ1v) is 10.0. The Labute approximate surface area is 125 Å². The van der Waals surface area contributed by atoms with Gasteiger partial charge in [-0.05, 0) is 50.0 Å². The Morgan fingerprint density at radius 1 is 1.25 bits per heavy atom. The molecular formula is C16H33NO2S. The van der Waals surface area contributed by atoms with Crippen molar-refractivity contribution in [1.82, 2.24) is 5.32 Å². The van der Waals surface area contributed by atoms with Gasteiger partial charge in [-0.3, -0.25) is 0 Å². The molecule has 0 radical (unpaired) electrons. The van der Waals surface area contributed by atoms with Gasteiger partial charge in [0.1, 0.15) is 9.84 Å². The lowest BCUT2D eigenvalue weighted by atomic mass is 9.77. The molecule has 0 bridgehead atoms. The molecule has 0 aromatic rings. The summed E-state index contributed by atoms with van der Waals surface area (Å²) in [6, 6.07) is 0.458. The lowest BCUT2D eigenvalue weighted by Crippen LogP contribution is -2.43. The van der Waals surface area contributed by atoms with E-state index in [0.29, 0.717) is 12.0 Å². The second-order valence-corrected chi connectivity index (χ2v) is 10.0. The molecule has 0 aromatic carbocycles. The molecule has 120 valence electrons. The van der Waals surface area contributed by atoms with Crippen LogP contribution < -0.4 is 5.32 Å². The summed E-state index contributed by atoms with van der Waals surface area (Å²) in [6.45, 7) is 10.0. The van der Waals surface area contributed by atoms with Gasteiger partial charge < -0.3 is 5.32 Å². The van der Waals surface area contributed by atoms with E-state index in [9.17, 15) is 8.42 Å². The number of rotatable bonds is 6. The standard InChI is InChI=1S/C16H33NO2S/c1-6-10-17-15(12-16(2,3)4)13-8-7-9-14(11-13)20(5,18)19/h13-15,17H,6-12H2,1-5H3. The minimum atomic E-state index is -2.88. The third kappa shape index (κ3) is 6.13. The van der Waals surface area contributed by atoms with E-state index in [-0.39, 0.29) is 10.7 Å². The highest BCUT2D eigenvalue weighted by Gasteiger charge is 2.34. The van der Waals surface area contributed by atoms with Gasteiger partial charge in [0.25, 0.3) is 0 Å².